The third kappa shape index (κ3) is 3.80. The first-order chi connectivity index (χ1) is 12.7. The van der Waals surface area contributed by atoms with Crippen LogP contribution in [0, 0.1) is 11.8 Å². The topological polar surface area (TPSA) is 71.7 Å². The Balaban J connectivity index is 1.22. The molecule has 0 unspecified atom stereocenters. The summed E-state index contributed by atoms with van der Waals surface area (Å²) in [5.41, 5.74) is 6.73. The monoisotopic (exact) mass is 358 g/mol. The van der Waals surface area contributed by atoms with E-state index in [1.807, 2.05) is 6.20 Å². The summed E-state index contributed by atoms with van der Waals surface area (Å²) >= 11 is 0. The molecule has 6 nitrogen and oxygen atoms in total. The van der Waals surface area contributed by atoms with Gasteiger partial charge in [-0.2, -0.15) is 0 Å². The van der Waals surface area contributed by atoms with E-state index in [4.69, 9.17) is 10.5 Å². The van der Waals surface area contributed by atoms with Gasteiger partial charge < -0.3 is 15.4 Å². The number of hydrogen-bond donors (Lipinski definition) is 1. The maximum Gasteiger partial charge on any atom is 0.220 e. The van der Waals surface area contributed by atoms with Crippen molar-refractivity contribution in [3.05, 3.63) is 17.8 Å². The molecule has 1 amide bonds. The number of pyridine rings is 1. The highest BCUT2D eigenvalue weighted by Crippen LogP contribution is 2.35. The zero-order valence-electron chi connectivity index (χ0n) is 15.5. The van der Waals surface area contributed by atoms with Gasteiger partial charge in [0.1, 0.15) is 0 Å². The summed E-state index contributed by atoms with van der Waals surface area (Å²) in [5, 5.41) is 0. The molecular formula is C20H30N4O2. The molecule has 0 bridgehead atoms. The molecule has 6 heteroatoms. The zero-order chi connectivity index (χ0) is 17.9. The van der Waals surface area contributed by atoms with Gasteiger partial charge in [-0.25, -0.2) is 4.98 Å². The van der Waals surface area contributed by atoms with Crippen LogP contribution in [0.1, 0.15) is 37.7 Å². The Morgan fingerprint density at radius 1 is 1.19 bits per heavy atom. The molecule has 0 radical (unpaired) electrons. The highest BCUT2D eigenvalue weighted by Gasteiger charge is 2.27. The summed E-state index contributed by atoms with van der Waals surface area (Å²) in [6.07, 6.45) is 8.45. The van der Waals surface area contributed by atoms with Gasteiger partial charge in [-0.1, -0.05) is 0 Å². The van der Waals surface area contributed by atoms with Gasteiger partial charge in [0.05, 0.1) is 6.61 Å². The van der Waals surface area contributed by atoms with Crippen LogP contribution in [0.15, 0.2) is 12.3 Å². The number of aromatic nitrogens is 1. The molecule has 0 atom stereocenters. The highest BCUT2D eigenvalue weighted by molar-refractivity contribution is 5.76. The number of nitrogens with zero attached hydrogens (tertiary/aromatic N) is 3. The predicted octanol–water partition coefficient (Wildman–Crippen LogP) is 1.82. The van der Waals surface area contributed by atoms with Crippen molar-refractivity contribution in [1.82, 2.24) is 9.88 Å². The molecule has 1 saturated heterocycles. The largest absolute Gasteiger partial charge is 0.489 e. The minimum atomic E-state index is -0.107. The second-order valence-electron chi connectivity index (χ2n) is 7.96. The minimum Gasteiger partial charge on any atom is -0.489 e. The molecule has 2 N–H and O–H groups in total. The average molecular weight is 358 g/mol. The number of ether oxygens (including phenoxy) is 1. The molecule has 1 aliphatic carbocycles. The van der Waals surface area contributed by atoms with Gasteiger partial charge >= 0.3 is 0 Å². The summed E-state index contributed by atoms with van der Waals surface area (Å²) < 4.78 is 5.81. The van der Waals surface area contributed by atoms with Crippen LogP contribution >= 0.6 is 0 Å². The van der Waals surface area contributed by atoms with Gasteiger partial charge in [0.2, 0.25) is 5.91 Å². The Morgan fingerprint density at radius 3 is 2.69 bits per heavy atom. The van der Waals surface area contributed by atoms with Crippen molar-refractivity contribution < 1.29 is 9.53 Å². The first kappa shape index (κ1) is 17.6. The summed E-state index contributed by atoms with van der Waals surface area (Å²) in [6.45, 7) is 6.15. The number of hydrogen-bond acceptors (Lipinski definition) is 5. The number of primary amides is 1. The van der Waals surface area contributed by atoms with E-state index in [0.29, 0.717) is 0 Å². The summed E-state index contributed by atoms with van der Waals surface area (Å²) in [4.78, 5) is 20.8. The second-order valence-corrected chi connectivity index (χ2v) is 7.96. The number of piperazine rings is 1. The molecule has 142 valence electrons. The quantitative estimate of drug-likeness (QED) is 0.869. The molecule has 26 heavy (non-hydrogen) atoms. The fourth-order valence-electron chi connectivity index (χ4n) is 4.60. The lowest BCUT2D eigenvalue weighted by Gasteiger charge is -2.37. The van der Waals surface area contributed by atoms with Crippen LogP contribution in [-0.2, 0) is 11.2 Å². The lowest BCUT2D eigenvalue weighted by Crippen LogP contribution is -2.47. The van der Waals surface area contributed by atoms with E-state index < -0.39 is 0 Å². The van der Waals surface area contributed by atoms with E-state index in [-0.39, 0.29) is 11.8 Å². The lowest BCUT2D eigenvalue weighted by molar-refractivity contribution is -0.123. The van der Waals surface area contributed by atoms with Crippen LogP contribution in [0.2, 0.25) is 0 Å². The number of carbonyl (C=O) groups is 1. The van der Waals surface area contributed by atoms with Crippen molar-refractivity contribution in [1.29, 1.82) is 0 Å². The van der Waals surface area contributed by atoms with Crippen LogP contribution < -0.4 is 15.4 Å². The Bertz CT molecular complexity index is 635. The van der Waals surface area contributed by atoms with Crippen LogP contribution in [-0.4, -0.2) is 55.1 Å². The smallest absolute Gasteiger partial charge is 0.220 e. The molecule has 4 rings (SSSR count). The third-order valence-corrected chi connectivity index (χ3v) is 6.36. The molecule has 2 aliphatic heterocycles. The number of nitrogens with two attached hydrogens (primary N) is 1. The summed E-state index contributed by atoms with van der Waals surface area (Å²) in [6, 6.07) is 2.08. The van der Waals surface area contributed by atoms with Gasteiger partial charge in [-0.15, -0.1) is 0 Å². The standard InChI is InChI=1S/C20H30N4O2/c21-19(25)17-3-1-15(2-4-17)6-9-23-10-12-24(13-11-23)20-18-16(5-8-22-20)7-14-26-18/h5,8,15,17H,1-4,6-7,9-14H2,(H2,21,25)/t15-,17-. The van der Waals surface area contributed by atoms with E-state index in [1.165, 1.54) is 12.0 Å². The number of fused-ring (bicyclic) bond motifs is 1. The van der Waals surface area contributed by atoms with Crippen molar-refractivity contribution in [3.63, 3.8) is 0 Å². The number of anilines is 1. The third-order valence-electron chi connectivity index (χ3n) is 6.36. The van der Waals surface area contributed by atoms with Gasteiger partial charge in [-0.05, 0) is 50.6 Å². The van der Waals surface area contributed by atoms with E-state index in [0.717, 1.165) is 88.9 Å². The fourth-order valence-corrected chi connectivity index (χ4v) is 4.60. The molecule has 0 spiro atoms. The van der Waals surface area contributed by atoms with Crippen LogP contribution in [0.3, 0.4) is 0 Å². The minimum absolute atomic E-state index is 0.107. The Morgan fingerprint density at radius 2 is 1.96 bits per heavy atom. The fraction of sp³-hybridized carbons (Fsp3) is 0.700. The first-order valence-corrected chi connectivity index (χ1v) is 10.1. The van der Waals surface area contributed by atoms with Crippen molar-refractivity contribution in [2.75, 3.05) is 44.2 Å². The van der Waals surface area contributed by atoms with Gasteiger partial charge in [0.25, 0.3) is 0 Å². The second kappa shape index (κ2) is 7.82. The summed E-state index contributed by atoms with van der Waals surface area (Å²) in [7, 11) is 0. The van der Waals surface area contributed by atoms with E-state index in [9.17, 15) is 4.79 Å². The number of rotatable bonds is 5. The van der Waals surface area contributed by atoms with Gasteiger partial charge in [0, 0.05) is 50.3 Å². The molecular weight excluding hydrogens is 328 g/mol. The van der Waals surface area contributed by atoms with Crippen LogP contribution in [0.5, 0.6) is 5.75 Å². The van der Waals surface area contributed by atoms with Crippen LogP contribution in [0.4, 0.5) is 5.82 Å². The van der Waals surface area contributed by atoms with Crippen molar-refractivity contribution in [2.24, 2.45) is 17.6 Å². The average Bonchev–Trinajstić information content (AvgIpc) is 3.16. The first-order valence-electron chi connectivity index (χ1n) is 10.1. The van der Waals surface area contributed by atoms with Crippen molar-refractivity contribution in [2.45, 2.75) is 38.5 Å². The Hall–Kier alpha value is -1.82. The zero-order valence-corrected chi connectivity index (χ0v) is 15.5. The van der Waals surface area contributed by atoms with Gasteiger partial charge in [-0.3, -0.25) is 9.69 Å². The molecule has 3 aliphatic rings. The van der Waals surface area contributed by atoms with Crippen LogP contribution in [0.25, 0.3) is 0 Å². The number of amides is 1. The van der Waals surface area contributed by atoms with Gasteiger partial charge in [0.15, 0.2) is 11.6 Å². The Kier molecular flexibility index (Phi) is 5.29. The number of carbonyl (C=O) groups excluding carboxylic acids is 1. The molecule has 1 saturated carbocycles. The predicted molar refractivity (Wildman–Crippen MR) is 101 cm³/mol. The highest BCUT2D eigenvalue weighted by atomic mass is 16.5. The molecule has 0 aromatic carbocycles. The molecule has 1 aromatic rings. The SMILES string of the molecule is NC(=O)[C@H]1CC[C@H](CCN2CCN(c3nccc4c3OCC4)CC2)CC1. The Labute approximate surface area is 155 Å². The normalized spacial score (nSPS) is 26.4. The van der Waals surface area contributed by atoms with E-state index >= 15 is 0 Å². The van der Waals surface area contributed by atoms with Crippen molar-refractivity contribution >= 4 is 11.7 Å². The van der Waals surface area contributed by atoms with E-state index in [1.54, 1.807) is 0 Å². The maximum atomic E-state index is 11.3. The summed E-state index contributed by atoms with van der Waals surface area (Å²) in [5.74, 6) is 2.81. The molecule has 2 fully saturated rings. The van der Waals surface area contributed by atoms with E-state index in [2.05, 4.69) is 20.9 Å². The lowest BCUT2D eigenvalue weighted by atomic mass is 9.80. The maximum absolute atomic E-state index is 11.3. The molecule has 3 heterocycles. The molecule has 1 aromatic heterocycles. The van der Waals surface area contributed by atoms with Crippen molar-refractivity contribution in [3.8, 4) is 5.75 Å².